The third kappa shape index (κ3) is 2.71. The van der Waals surface area contributed by atoms with Gasteiger partial charge in [-0.15, -0.1) is 11.5 Å². The van der Waals surface area contributed by atoms with Gasteiger partial charge in [-0.3, -0.25) is 0 Å². The molecule has 2 aromatic carbocycles. The number of hydrogen-bond acceptors (Lipinski definition) is 0. The highest BCUT2D eigenvalue weighted by Crippen LogP contribution is 2.34. The van der Waals surface area contributed by atoms with Crippen LogP contribution in [-0.4, -0.2) is 12.6 Å². The van der Waals surface area contributed by atoms with Crippen molar-refractivity contribution in [3.63, 3.8) is 0 Å². The normalized spacial score (nSPS) is 15.2. The van der Waals surface area contributed by atoms with Crippen molar-refractivity contribution in [3.05, 3.63) is 107 Å². The molecule has 0 saturated carbocycles. The highest BCUT2D eigenvalue weighted by Gasteiger charge is 2.34. The van der Waals surface area contributed by atoms with Crippen LogP contribution in [0.2, 0.25) is 12.6 Å². The molecule has 2 aliphatic rings. The molecule has 2 heteroatoms. The zero-order valence-electron chi connectivity index (χ0n) is 16.2. The van der Waals surface area contributed by atoms with E-state index in [2.05, 4.69) is 108 Å². The summed E-state index contributed by atoms with van der Waals surface area (Å²) in [6.07, 6.45) is 14.0. The summed E-state index contributed by atoms with van der Waals surface area (Å²) in [5.74, 6) is 0. The maximum atomic E-state index is 3.50. The van der Waals surface area contributed by atoms with Crippen molar-refractivity contribution in [3.8, 4) is 0 Å². The molecule has 1 aromatic heterocycles. The number of rotatable bonds is 6. The van der Waals surface area contributed by atoms with Crippen LogP contribution in [-0.2, 0) is 6.54 Å². The Labute approximate surface area is 167 Å². The van der Waals surface area contributed by atoms with Crippen LogP contribution in [0.15, 0.2) is 107 Å². The highest BCUT2D eigenvalue weighted by molar-refractivity contribution is 6.92. The average molecular weight is 378 g/mol. The molecule has 0 atom stereocenters. The third-order valence-corrected chi connectivity index (χ3v) is 10.5. The van der Waals surface area contributed by atoms with Crippen molar-refractivity contribution in [2.75, 3.05) is 0 Å². The summed E-state index contributed by atoms with van der Waals surface area (Å²) in [7, 11) is -1.79. The van der Waals surface area contributed by atoms with Crippen molar-refractivity contribution < 1.29 is 0 Å². The summed E-state index contributed by atoms with van der Waals surface area (Å²) in [4.78, 5) is 0. The van der Waals surface area contributed by atoms with E-state index >= 15 is 0 Å². The lowest BCUT2D eigenvalue weighted by Gasteiger charge is -2.27. The molecule has 28 heavy (non-hydrogen) atoms. The van der Waals surface area contributed by atoms with Gasteiger partial charge in [0.25, 0.3) is 0 Å². The van der Waals surface area contributed by atoms with Gasteiger partial charge in [0.1, 0.15) is 8.07 Å². The van der Waals surface area contributed by atoms with E-state index in [0.29, 0.717) is 0 Å². The van der Waals surface area contributed by atoms with Crippen LogP contribution in [0, 0.1) is 0 Å². The standard InChI is InChI=1S/C26H23NSi/c1-28(21-11-2-3-12-21,22-13-4-5-14-22)20-10-19-27-25-17-8-6-15-23(25)24-16-7-9-18-26(24)27/h2-9,11,13,15-18H,10,19-20H2,1H3. The van der Waals surface area contributed by atoms with E-state index in [1.54, 1.807) is 0 Å². The fraction of sp³-hybridized carbons (Fsp3) is 0.154. The van der Waals surface area contributed by atoms with Gasteiger partial charge in [0, 0.05) is 28.4 Å². The minimum Gasteiger partial charge on any atom is -0.340 e. The van der Waals surface area contributed by atoms with Crippen LogP contribution in [0.4, 0.5) is 0 Å². The van der Waals surface area contributed by atoms with Gasteiger partial charge < -0.3 is 4.57 Å². The first-order chi connectivity index (χ1) is 13.8. The van der Waals surface area contributed by atoms with E-state index < -0.39 is 8.07 Å². The highest BCUT2D eigenvalue weighted by atomic mass is 28.3. The van der Waals surface area contributed by atoms with Gasteiger partial charge in [0.05, 0.1) is 0 Å². The topological polar surface area (TPSA) is 4.93 Å². The third-order valence-electron chi connectivity index (χ3n) is 6.12. The van der Waals surface area contributed by atoms with E-state index in [1.165, 1.54) is 38.2 Å². The van der Waals surface area contributed by atoms with Crippen LogP contribution in [0.5, 0.6) is 0 Å². The lowest BCUT2D eigenvalue weighted by molar-refractivity contribution is 0.717. The van der Waals surface area contributed by atoms with E-state index in [1.807, 2.05) is 0 Å². The first-order valence-electron chi connectivity index (χ1n) is 10.0. The fourth-order valence-corrected chi connectivity index (χ4v) is 8.02. The van der Waals surface area contributed by atoms with Gasteiger partial charge in [0.2, 0.25) is 0 Å². The van der Waals surface area contributed by atoms with Crippen LogP contribution in [0.1, 0.15) is 6.42 Å². The summed E-state index contributed by atoms with van der Waals surface area (Å²) in [5, 5.41) is 5.51. The Morgan fingerprint density at radius 1 is 0.786 bits per heavy atom. The van der Waals surface area contributed by atoms with Crippen molar-refractivity contribution in [1.82, 2.24) is 4.57 Å². The maximum absolute atomic E-state index is 3.50. The Hall–Kier alpha value is -3.02. The number of hydrogen-bond donors (Lipinski definition) is 0. The second-order valence-electron chi connectivity index (χ2n) is 7.79. The monoisotopic (exact) mass is 377 g/mol. The molecule has 0 amide bonds. The molecule has 3 aromatic rings. The van der Waals surface area contributed by atoms with E-state index in [4.69, 9.17) is 0 Å². The molecule has 0 spiro atoms. The fourth-order valence-electron chi connectivity index (χ4n) is 4.60. The SMILES string of the molecule is C[Si](CCCn1c2ccccc2c2ccccc21)(C1=C=CC=C1)C1=C=CC=C1. The maximum Gasteiger partial charge on any atom is 0.134 e. The summed E-state index contributed by atoms with van der Waals surface area (Å²) in [5.41, 5.74) is 9.69. The lowest BCUT2D eigenvalue weighted by atomic mass is 10.2. The number of fused-ring (bicyclic) bond motifs is 3. The van der Waals surface area contributed by atoms with E-state index in [-0.39, 0.29) is 0 Å². The van der Waals surface area contributed by atoms with Crippen molar-refractivity contribution in [1.29, 1.82) is 0 Å². The summed E-state index contributed by atoms with van der Waals surface area (Å²) in [6.45, 7) is 3.51. The Kier molecular flexibility index (Phi) is 4.19. The number of benzene rings is 2. The molecule has 0 aliphatic heterocycles. The van der Waals surface area contributed by atoms with Gasteiger partial charge >= 0.3 is 0 Å². The largest absolute Gasteiger partial charge is 0.340 e. The lowest BCUT2D eigenvalue weighted by Crippen LogP contribution is -2.34. The van der Waals surface area contributed by atoms with Crippen molar-refractivity contribution in [2.24, 2.45) is 0 Å². The van der Waals surface area contributed by atoms with Gasteiger partial charge in [-0.1, -0.05) is 67.2 Å². The summed E-state index contributed by atoms with van der Waals surface area (Å²) < 4.78 is 2.50. The van der Waals surface area contributed by atoms with Crippen molar-refractivity contribution >= 4 is 29.9 Å². The number of aryl methyl sites for hydroxylation is 1. The number of nitrogens with zero attached hydrogens (tertiary/aromatic N) is 1. The minimum atomic E-state index is -1.79. The van der Waals surface area contributed by atoms with Crippen LogP contribution in [0.3, 0.4) is 0 Å². The average Bonchev–Trinajstić information content (AvgIpc) is 3.49. The molecule has 2 aliphatic carbocycles. The molecule has 0 bridgehead atoms. The Bertz CT molecular complexity index is 1180. The first kappa shape index (κ1) is 17.1. The molecule has 1 nitrogen and oxygen atoms in total. The quantitative estimate of drug-likeness (QED) is 0.335. The first-order valence-corrected chi connectivity index (χ1v) is 12.7. The zero-order chi connectivity index (χ0) is 19.0. The Morgan fingerprint density at radius 3 is 1.82 bits per heavy atom. The molecule has 0 saturated heterocycles. The molecule has 0 radical (unpaired) electrons. The zero-order valence-corrected chi connectivity index (χ0v) is 17.2. The minimum absolute atomic E-state index is 1.04. The van der Waals surface area contributed by atoms with Crippen LogP contribution in [0.25, 0.3) is 21.8 Å². The Balaban J connectivity index is 1.48. The molecule has 0 unspecified atom stereocenters. The molecule has 1 heterocycles. The molecule has 0 N–H and O–H groups in total. The van der Waals surface area contributed by atoms with Gasteiger partial charge in [-0.2, -0.15) is 0 Å². The second kappa shape index (κ2) is 6.85. The molecular weight excluding hydrogens is 354 g/mol. The van der Waals surface area contributed by atoms with E-state index in [9.17, 15) is 0 Å². The molecular formula is C26H23NSi. The van der Waals surface area contributed by atoms with Gasteiger partial charge in [0.15, 0.2) is 0 Å². The molecule has 0 fully saturated rings. The number of aromatic nitrogens is 1. The molecule has 5 rings (SSSR count). The number of para-hydroxylation sites is 2. The number of allylic oxidation sites excluding steroid dienone is 6. The predicted octanol–water partition coefficient (Wildman–Crippen LogP) is 6.64. The smallest absolute Gasteiger partial charge is 0.134 e. The second-order valence-corrected chi connectivity index (χ2v) is 12.0. The van der Waals surface area contributed by atoms with Crippen LogP contribution >= 0.6 is 0 Å². The Morgan fingerprint density at radius 2 is 1.32 bits per heavy atom. The van der Waals surface area contributed by atoms with Crippen molar-refractivity contribution in [2.45, 2.75) is 25.6 Å². The predicted molar refractivity (Wildman–Crippen MR) is 122 cm³/mol. The van der Waals surface area contributed by atoms with Crippen LogP contribution < -0.4 is 0 Å². The summed E-state index contributed by atoms with van der Waals surface area (Å²) >= 11 is 0. The van der Waals surface area contributed by atoms with Gasteiger partial charge in [-0.05, 0) is 47.1 Å². The van der Waals surface area contributed by atoms with E-state index in [0.717, 1.165) is 13.0 Å². The molecule has 136 valence electrons. The van der Waals surface area contributed by atoms with Gasteiger partial charge in [-0.25, -0.2) is 0 Å². The summed E-state index contributed by atoms with van der Waals surface area (Å²) in [6, 6.07) is 18.8.